The van der Waals surface area contributed by atoms with Gasteiger partial charge >= 0.3 is 11.9 Å². The fraction of sp³-hybridized carbons (Fsp3) is 0.514. The molecule has 1 aromatic heterocycles. The number of aliphatic carboxylic acids is 2. The van der Waals surface area contributed by atoms with E-state index in [-0.39, 0.29) is 48.3 Å². The summed E-state index contributed by atoms with van der Waals surface area (Å²) in [5.41, 5.74) is 6.57. The summed E-state index contributed by atoms with van der Waals surface area (Å²) in [6.07, 6.45) is -1.38. The van der Waals surface area contributed by atoms with Crippen LogP contribution in [0.15, 0.2) is 30.5 Å². The Kier molecular flexibility index (Phi) is 17.0. The number of benzene rings is 1. The average Bonchev–Trinajstić information content (AvgIpc) is 3.50. The molecule has 310 valence electrons. The number of carbonyl (C=O) groups is 7. The van der Waals surface area contributed by atoms with Gasteiger partial charge in [0.05, 0.1) is 54.4 Å². The number of carboxylic acids is 2. The van der Waals surface area contributed by atoms with Gasteiger partial charge in [0, 0.05) is 50.2 Å². The minimum absolute atomic E-state index is 0.0817. The molecule has 5 amide bonds. The molecule has 1 aromatic carbocycles. The topological polar surface area (TPSA) is 297 Å². The molecule has 3 rings (SSSR count). The Morgan fingerprint density at radius 2 is 1.81 bits per heavy atom. The van der Waals surface area contributed by atoms with E-state index in [1.807, 2.05) is 0 Å². The maximum atomic E-state index is 13.8. The summed E-state index contributed by atoms with van der Waals surface area (Å²) in [4.78, 5) is 92.2. The number of likely N-dealkylation sites (tertiary alicyclic amines) is 1. The highest BCUT2D eigenvalue weighted by Crippen LogP contribution is 2.31. The van der Waals surface area contributed by atoms with E-state index in [1.165, 1.54) is 25.4 Å². The minimum Gasteiger partial charge on any atom is -0.481 e. The zero-order chi connectivity index (χ0) is 42.4. The number of halogens is 2. The van der Waals surface area contributed by atoms with Crippen molar-refractivity contribution in [2.45, 2.75) is 81.3 Å². The van der Waals surface area contributed by atoms with Crippen molar-refractivity contribution >= 4 is 70.7 Å². The number of carboxylic acid groups (broad SMARTS) is 2. The monoisotopic (exact) mass is 821 g/mol. The zero-order valence-corrected chi connectivity index (χ0v) is 31.7. The number of carbonyl (C=O) groups excluding carboxylic acids is 5. The van der Waals surface area contributed by atoms with Gasteiger partial charge in [-0.2, -0.15) is 17.9 Å². The molecular formula is C35H45F2N9O10S. The fourth-order valence-electron chi connectivity index (χ4n) is 5.97. The number of thiol groups is 1. The number of nitrogens with zero attached hydrogens (tertiary/aromatic N) is 4. The van der Waals surface area contributed by atoms with E-state index in [1.54, 1.807) is 18.2 Å². The van der Waals surface area contributed by atoms with E-state index >= 15 is 0 Å². The first kappa shape index (κ1) is 45.9. The maximum absolute atomic E-state index is 13.8. The Balaban J connectivity index is 1.44. The standard InChI is InChI=1S/C35H45F2N9O10S/c1-45(25(13-29(50)51)32(53)44-24(17-57)34(55)56)33(54)22(39)6-2-3-11-40-26(47)8-9-27(48)43-23-7-4-5-20-21(10-12-41-30(20)23)31(52)42-16-28(49)46-18-35(36,37)14-19(46)15-38/h4-5,7,10,12,19,22,24-25,32,44,53,57H,2-3,6,8-9,11,13-14,16-18,39H2,1H3,(H,40,47)(H,42,52)(H,43,48)(H,50,51)(H,55,56)/t19-,22-,24-,25-,32?/m0/s1. The highest BCUT2D eigenvalue weighted by atomic mass is 32.1. The number of unbranched alkanes of at least 4 members (excludes halogenated alkanes) is 1. The van der Waals surface area contributed by atoms with Crippen LogP contribution in [-0.4, -0.2) is 140 Å². The molecule has 0 bridgehead atoms. The molecule has 0 radical (unpaired) electrons. The molecular weight excluding hydrogens is 777 g/mol. The molecule has 19 nitrogen and oxygen atoms in total. The SMILES string of the molecule is CN(C(=O)[C@@H](N)CCCCNC(=O)CCC(=O)Nc1cccc2c(C(=O)NCC(=O)N3CC(F)(F)C[C@H]3C#N)ccnc12)[C@@H](CC(=O)O)C(O)N[C@@H](CS)C(=O)O. The fourth-order valence-corrected chi connectivity index (χ4v) is 6.24. The lowest BCUT2D eigenvalue weighted by molar-refractivity contribution is -0.145. The molecule has 1 fully saturated rings. The van der Waals surface area contributed by atoms with E-state index in [0.29, 0.717) is 18.2 Å². The van der Waals surface area contributed by atoms with Gasteiger partial charge in [0.2, 0.25) is 23.6 Å². The lowest BCUT2D eigenvalue weighted by Gasteiger charge is -2.34. The number of aliphatic hydroxyl groups is 1. The third kappa shape index (κ3) is 13.3. The summed E-state index contributed by atoms with van der Waals surface area (Å²) in [5, 5.41) is 48.5. The van der Waals surface area contributed by atoms with Crippen molar-refractivity contribution in [3.8, 4) is 6.07 Å². The molecule has 1 aliphatic rings. The number of rotatable bonds is 21. The Hall–Kier alpha value is -5.50. The van der Waals surface area contributed by atoms with Gasteiger partial charge in [0.25, 0.3) is 11.8 Å². The quantitative estimate of drug-likeness (QED) is 0.0442. The highest BCUT2D eigenvalue weighted by Gasteiger charge is 2.47. The van der Waals surface area contributed by atoms with E-state index in [9.17, 15) is 57.7 Å². The van der Waals surface area contributed by atoms with Crippen LogP contribution in [0.3, 0.4) is 0 Å². The molecule has 0 spiro atoms. The number of nitriles is 1. The smallest absolute Gasteiger partial charge is 0.321 e. The first-order valence-corrected chi connectivity index (χ1v) is 18.3. The summed E-state index contributed by atoms with van der Waals surface area (Å²) in [6, 6.07) is 2.63. The third-order valence-electron chi connectivity index (χ3n) is 9.04. The molecule has 0 aliphatic carbocycles. The van der Waals surface area contributed by atoms with Crippen LogP contribution in [0.2, 0.25) is 0 Å². The summed E-state index contributed by atoms with van der Waals surface area (Å²) < 4.78 is 27.5. The van der Waals surface area contributed by atoms with Crippen LogP contribution in [0.5, 0.6) is 0 Å². The maximum Gasteiger partial charge on any atom is 0.321 e. The highest BCUT2D eigenvalue weighted by molar-refractivity contribution is 7.80. The van der Waals surface area contributed by atoms with Crippen LogP contribution < -0.4 is 27.0 Å². The lowest BCUT2D eigenvalue weighted by Crippen LogP contribution is -2.58. The molecule has 2 heterocycles. The van der Waals surface area contributed by atoms with Crippen LogP contribution >= 0.6 is 12.6 Å². The number of pyridine rings is 1. The number of nitrogens with two attached hydrogens (primary N) is 1. The predicted molar refractivity (Wildman–Crippen MR) is 201 cm³/mol. The number of likely N-dealkylation sites (N-methyl/N-ethyl adjacent to an activating group) is 1. The summed E-state index contributed by atoms with van der Waals surface area (Å²) in [7, 11) is 1.24. The van der Waals surface area contributed by atoms with Crippen molar-refractivity contribution in [1.29, 1.82) is 5.26 Å². The van der Waals surface area contributed by atoms with E-state index in [2.05, 4.69) is 38.9 Å². The normalized spacial score (nSPS) is 16.7. The van der Waals surface area contributed by atoms with E-state index in [0.717, 1.165) is 9.80 Å². The van der Waals surface area contributed by atoms with Crippen molar-refractivity contribution in [3.63, 3.8) is 0 Å². The van der Waals surface area contributed by atoms with Crippen molar-refractivity contribution in [3.05, 3.63) is 36.0 Å². The summed E-state index contributed by atoms with van der Waals surface area (Å²) in [5.74, 6) is -9.31. The average molecular weight is 822 g/mol. The first-order valence-electron chi connectivity index (χ1n) is 17.7. The Morgan fingerprint density at radius 1 is 1.11 bits per heavy atom. The Bertz CT molecular complexity index is 1870. The molecule has 1 saturated heterocycles. The third-order valence-corrected chi connectivity index (χ3v) is 9.40. The molecule has 9 N–H and O–H groups in total. The molecule has 22 heteroatoms. The predicted octanol–water partition coefficient (Wildman–Crippen LogP) is -0.350. The van der Waals surface area contributed by atoms with Crippen LogP contribution in [0, 0.1) is 11.3 Å². The molecule has 1 aliphatic heterocycles. The van der Waals surface area contributed by atoms with Gasteiger partial charge in [-0.1, -0.05) is 12.1 Å². The molecule has 0 saturated carbocycles. The molecule has 2 aromatic rings. The zero-order valence-electron chi connectivity index (χ0n) is 30.8. The van der Waals surface area contributed by atoms with Crippen LogP contribution in [0.1, 0.15) is 55.3 Å². The van der Waals surface area contributed by atoms with E-state index < -0.39 is 104 Å². The second-order valence-electron chi connectivity index (χ2n) is 13.3. The van der Waals surface area contributed by atoms with Crippen LogP contribution in [-0.2, 0) is 28.8 Å². The number of hydrogen-bond donors (Lipinski definition) is 9. The van der Waals surface area contributed by atoms with Crippen molar-refractivity contribution in [1.82, 2.24) is 30.7 Å². The van der Waals surface area contributed by atoms with Gasteiger partial charge in [-0.25, -0.2) is 8.78 Å². The number of aliphatic hydroxyl groups excluding tert-OH is 1. The van der Waals surface area contributed by atoms with Crippen molar-refractivity contribution < 1.29 is 57.7 Å². The summed E-state index contributed by atoms with van der Waals surface area (Å²) in [6.45, 7) is -1.36. The second kappa shape index (κ2) is 21.1. The number of para-hydroxylation sites is 1. The van der Waals surface area contributed by atoms with Crippen molar-refractivity contribution in [2.75, 3.05) is 37.8 Å². The number of anilines is 1. The number of alkyl halides is 2. The van der Waals surface area contributed by atoms with Gasteiger partial charge in [0.1, 0.15) is 18.3 Å². The van der Waals surface area contributed by atoms with Gasteiger partial charge in [0.15, 0.2) is 0 Å². The Labute approximate surface area is 330 Å². The van der Waals surface area contributed by atoms with Crippen LogP contribution in [0.4, 0.5) is 14.5 Å². The second-order valence-corrected chi connectivity index (χ2v) is 13.6. The summed E-state index contributed by atoms with van der Waals surface area (Å²) >= 11 is 3.89. The van der Waals surface area contributed by atoms with Crippen molar-refractivity contribution in [2.24, 2.45) is 5.73 Å². The largest absolute Gasteiger partial charge is 0.481 e. The molecule has 57 heavy (non-hydrogen) atoms. The van der Waals surface area contributed by atoms with E-state index in [4.69, 9.17) is 11.0 Å². The Morgan fingerprint density at radius 3 is 2.46 bits per heavy atom. The molecule has 1 unspecified atom stereocenters. The first-order chi connectivity index (χ1) is 26.9. The minimum atomic E-state index is -3.21. The van der Waals surface area contributed by atoms with Gasteiger partial charge in [-0.3, -0.25) is 43.9 Å². The molecule has 5 atom stereocenters. The lowest BCUT2D eigenvalue weighted by atomic mass is 10.1. The number of aromatic nitrogens is 1. The van der Waals surface area contributed by atoms with Gasteiger partial charge in [-0.15, -0.1) is 0 Å². The van der Waals surface area contributed by atoms with Gasteiger partial charge in [-0.05, 0) is 31.4 Å². The number of amides is 5. The van der Waals surface area contributed by atoms with Gasteiger partial charge < -0.3 is 46.8 Å². The number of hydrogen-bond acceptors (Lipinski definition) is 13. The number of nitrogens with one attached hydrogen (secondary N) is 4. The number of fused-ring (bicyclic) bond motifs is 1. The van der Waals surface area contributed by atoms with Crippen LogP contribution in [0.25, 0.3) is 10.9 Å².